The molecule has 9 heteroatoms. The van der Waals surface area contributed by atoms with Crippen molar-refractivity contribution in [2.75, 3.05) is 12.0 Å². The molecule has 27 heavy (non-hydrogen) atoms. The third kappa shape index (κ3) is 3.59. The molecule has 138 valence electrons. The molecule has 0 unspecified atom stereocenters. The Hall–Kier alpha value is -3.07. The molecule has 0 saturated carbocycles. The predicted molar refractivity (Wildman–Crippen MR) is 102 cm³/mol. The highest BCUT2D eigenvalue weighted by Crippen LogP contribution is 2.21. The van der Waals surface area contributed by atoms with Crippen molar-refractivity contribution in [1.82, 2.24) is 30.1 Å². The first-order chi connectivity index (χ1) is 13.3. The molecule has 4 aromatic rings. The summed E-state index contributed by atoms with van der Waals surface area (Å²) >= 11 is 1.71. The van der Waals surface area contributed by atoms with Crippen molar-refractivity contribution < 1.29 is 9.21 Å². The van der Waals surface area contributed by atoms with Crippen LogP contribution in [0.3, 0.4) is 0 Å². The summed E-state index contributed by atoms with van der Waals surface area (Å²) in [5.41, 5.74) is 1.69. The molecule has 0 aromatic carbocycles. The van der Waals surface area contributed by atoms with Gasteiger partial charge in [0.2, 0.25) is 0 Å². The highest BCUT2D eigenvalue weighted by Gasteiger charge is 2.22. The fourth-order valence-corrected chi connectivity index (χ4v) is 3.30. The number of rotatable bonds is 7. The standard InChI is InChI=1S/C18H18N6O2S/c1-27-10-7-12(17-23-22-16-6-2-3-8-24(16)17)19-18(25)14-11-13(20-21-14)15-5-4-9-26-15/h2-6,8-9,11-12H,7,10H2,1H3,(H,19,25)(H,20,21)/t12-/m1/s1. The molecule has 0 bridgehead atoms. The van der Waals surface area contributed by atoms with E-state index in [0.717, 1.165) is 17.8 Å². The van der Waals surface area contributed by atoms with Crippen LogP contribution < -0.4 is 5.32 Å². The van der Waals surface area contributed by atoms with E-state index in [1.807, 2.05) is 35.1 Å². The van der Waals surface area contributed by atoms with Gasteiger partial charge in [0.1, 0.15) is 5.69 Å². The summed E-state index contributed by atoms with van der Waals surface area (Å²) in [6, 6.07) is 10.7. The van der Waals surface area contributed by atoms with Gasteiger partial charge in [-0.3, -0.25) is 14.3 Å². The second-order valence-corrected chi connectivity index (χ2v) is 6.92. The molecule has 0 fully saturated rings. The van der Waals surface area contributed by atoms with Gasteiger partial charge >= 0.3 is 0 Å². The van der Waals surface area contributed by atoms with Crippen molar-refractivity contribution in [2.45, 2.75) is 12.5 Å². The lowest BCUT2D eigenvalue weighted by Gasteiger charge is -2.16. The minimum absolute atomic E-state index is 0.272. The summed E-state index contributed by atoms with van der Waals surface area (Å²) < 4.78 is 7.22. The number of nitrogens with one attached hydrogen (secondary N) is 2. The van der Waals surface area contributed by atoms with Gasteiger partial charge in [-0.1, -0.05) is 6.07 Å². The molecule has 0 aliphatic carbocycles. The number of amides is 1. The van der Waals surface area contributed by atoms with Gasteiger partial charge in [0, 0.05) is 12.3 Å². The summed E-state index contributed by atoms with van der Waals surface area (Å²) in [5, 5.41) is 18.4. The van der Waals surface area contributed by atoms with Crippen LogP contribution in [0, 0.1) is 0 Å². The van der Waals surface area contributed by atoms with E-state index >= 15 is 0 Å². The number of nitrogens with zero attached hydrogens (tertiary/aromatic N) is 4. The Balaban J connectivity index is 1.57. The third-order valence-corrected chi connectivity index (χ3v) is 4.81. The Kier molecular flexibility index (Phi) is 4.93. The molecule has 0 radical (unpaired) electrons. The summed E-state index contributed by atoms with van der Waals surface area (Å²) in [6.45, 7) is 0. The fourth-order valence-electron chi connectivity index (χ4n) is 2.83. The Morgan fingerprint density at radius 2 is 2.26 bits per heavy atom. The number of pyridine rings is 1. The van der Waals surface area contributed by atoms with Gasteiger partial charge in [-0.05, 0) is 42.7 Å². The molecule has 4 rings (SSSR count). The Morgan fingerprint density at radius 1 is 1.33 bits per heavy atom. The van der Waals surface area contributed by atoms with Crippen LogP contribution in [0.2, 0.25) is 0 Å². The molecule has 8 nitrogen and oxygen atoms in total. The number of thioether (sulfide) groups is 1. The van der Waals surface area contributed by atoms with Crippen LogP contribution in [0.1, 0.15) is 28.8 Å². The zero-order valence-corrected chi connectivity index (χ0v) is 15.4. The van der Waals surface area contributed by atoms with Crippen LogP contribution in [-0.2, 0) is 0 Å². The van der Waals surface area contributed by atoms with E-state index < -0.39 is 0 Å². The highest BCUT2D eigenvalue weighted by molar-refractivity contribution is 7.98. The first kappa shape index (κ1) is 17.3. The largest absolute Gasteiger partial charge is 0.463 e. The molecule has 4 heterocycles. The van der Waals surface area contributed by atoms with E-state index in [2.05, 4.69) is 25.7 Å². The molecule has 0 aliphatic heterocycles. The normalized spacial score (nSPS) is 12.3. The SMILES string of the molecule is CSCC[C@@H](NC(=O)c1cc(-c2ccco2)[nH]n1)c1nnc2ccccn12. The zero-order valence-electron chi connectivity index (χ0n) is 14.6. The molecule has 0 aliphatic rings. The van der Waals surface area contributed by atoms with E-state index in [-0.39, 0.29) is 11.9 Å². The number of fused-ring (bicyclic) bond motifs is 1. The average Bonchev–Trinajstić information content (AvgIpc) is 3.44. The van der Waals surface area contributed by atoms with E-state index in [1.54, 1.807) is 36.2 Å². The maximum atomic E-state index is 12.7. The van der Waals surface area contributed by atoms with Gasteiger partial charge < -0.3 is 9.73 Å². The first-order valence-electron chi connectivity index (χ1n) is 8.45. The maximum absolute atomic E-state index is 12.7. The summed E-state index contributed by atoms with van der Waals surface area (Å²) in [7, 11) is 0. The number of H-pyrrole nitrogens is 1. The number of hydrogen-bond donors (Lipinski definition) is 2. The van der Waals surface area contributed by atoms with Gasteiger partial charge in [-0.25, -0.2) is 0 Å². The van der Waals surface area contributed by atoms with Crippen LogP contribution in [0.4, 0.5) is 0 Å². The van der Waals surface area contributed by atoms with Crippen LogP contribution in [-0.4, -0.2) is 42.7 Å². The number of aromatic amines is 1. The van der Waals surface area contributed by atoms with Gasteiger partial charge in [0.05, 0.1) is 12.3 Å². The summed E-state index contributed by atoms with van der Waals surface area (Å²) in [4.78, 5) is 12.7. The molecular formula is C18H18N6O2S. The van der Waals surface area contributed by atoms with Crippen molar-refractivity contribution in [3.8, 4) is 11.5 Å². The number of furan rings is 1. The van der Waals surface area contributed by atoms with E-state index in [9.17, 15) is 4.79 Å². The third-order valence-electron chi connectivity index (χ3n) is 4.16. The van der Waals surface area contributed by atoms with E-state index in [0.29, 0.717) is 23.0 Å². The van der Waals surface area contributed by atoms with Crippen LogP contribution >= 0.6 is 11.8 Å². The first-order valence-corrected chi connectivity index (χ1v) is 9.84. The lowest BCUT2D eigenvalue weighted by Crippen LogP contribution is -2.30. The van der Waals surface area contributed by atoms with Crippen LogP contribution in [0.5, 0.6) is 0 Å². The molecule has 0 spiro atoms. The fraction of sp³-hybridized carbons (Fsp3) is 0.222. The summed E-state index contributed by atoms with van der Waals surface area (Å²) in [5.74, 6) is 1.94. The van der Waals surface area contributed by atoms with E-state index in [4.69, 9.17) is 4.42 Å². The van der Waals surface area contributed by atoms with Gasteiger partial charge in [-0.15, -0.1) is 10.2 Å². The summed E-state index contributed by atoms with van der Waals surface area (Å²) in [6.07, 6.45) is 6.24. The molecule has 1 atom stereocenters. The second kappa shape index (κ2) is 7.67. The lowest BCUT2D eigenvalue weighted by molar-refractivity contribution is 0.0928. The zero-order chi connectivity index (χ0) is 18.6. The minimum atomic E-state index is -0.275. The Morgan fingerprint density at radius 3 is 3.07 bits per heavy atom. The van der Waals surface area contributed by atoms with Crippen molar-refractivity contribution in [2.24, 2.45) is 0 Å². The van der Waals surface area contributed by atoms with Gasteiger partial charge in [0.15, 0.2) is 22.9 Å². The van der Waals surface area contributed by atoms with Crippen molar-refractivity contribution in [3.63, 3.8) is 0 Å². The maximum Gasteiger partial charge on any atom is 0.272 e. The molecular weight excluding hydrogens is 364 g/mol. The van der Waals surface area contributed by atoms with Crippen LogP contribution in [0.25, 0.3) is 17.1 Å². The average molecular weight is 382 g/mol. The molecule has 0 saturated heterocycles. The molecule has 1 amide bonds. The molecule has 4 aromatic heterocycles. The van der Waals surface area contributed by atoms with Gasteiger partial charge in [-0.2, -0.15) is 16.9 Å². The van der Waals surface area contributed by atoms with Crippen molar-refractivity contribution in [3.05, 3.63) is 60.4 Å². The smallest absolute Gasteiger partial charge is 0.272 e. The number of carbonyl (C=O) groups is 1. The lowest BCUT2D eigenvalue weighted by atomic mass is 10.2. The van der Waals surface area contributed by atoms with E-state index in [1.165, 1.54) is 0 Å². The number of carbonyl (C=O) groups excluding carboxylic acids is 1. The topological polar surface area (TPSA) is 101 Å². The Labute approximate surface area is 159 Å². The monoisotopic (exact) mass is 382 g/mol. The number of hydrogen-bond acceptors (Lipinski definition) is 6. The quantitative estimate of drug-likeness (QED) is 0.510. The minimum Gasteiger partial charge on any atom is -0.463 e. The number of aromatic nitrogens is 5. The second-order valence-electron chi connectivity index (χ2n) is 5.94. The van der Waals surface area contributed by atoms with Crippen molar-refractivity contribution >= 4 is 23.3 Å². The highest BCUT2D eigenvalue weighted by atomic mass is 32.2. The van der Waals surface area contributed by atoms with Crippen LogP contribution in [0.15, 0.2) is 53.3 Å². The van der Waals surface area contributed by atoms with Gasteiger partial charge in [0.25, 0.3) is 5.91 Å². The Bertz CT molecular complexity index is 1040. The molecule has 2 N–H and O–H groups in total. The predicted octanol–water partition coefficient (Wildman–Crippen LogP) is 2.94. The van der Waals surface area contributed by atoms with Crippen molar-refractivity contribution in [1.29, 1.82) is 0 Å².